The number of carbonyl (C=O) groups excluding carboxylic acids is 2. The van der Waals surface area contributed by atoms with Crippen LogP contribution in [0, 0.1) is 0 Å². The quantitative estimate of drug-likeness (QED) is 0.461. The molecule has 30 heavy (non-hydrogen) atoms. The molecule has 2 aromatic heterocycles. The van der Waals surface area contributed by atoms with Gasteiger partial charge in [0.15, 0.2) is 11.0 Å². The number of primary amides is 1. The lowest BCUT2D eigenvalue weighted by Crippen LogP contribution is -2.18. The maximum absolute atomic E-state index is 12.4. The van der Waals surface area contributed by atoms with E-state index in [1.54, 1.807) is 18.6 Å². The molecular weight excluding hydrogens is 422 g/mol. The first-order valence-corrected chi connectivity index (χ1v) is 11.3. The van der Waals surface area contributed by atoms with Gasteiger partial charge in [-0.2, -0.15) is 0 Å². The fourth-order valence-electron chi connectivity index (χ4n) is 2.76. The molecule has 0 saturated heterocycles. The smallest absolute Gasteiger partial charge is 0.251 e. The number of anilines is 1. The Kier molecular flexibility index (Phi) is 7.47. The third-order valence-corrected chi connectivity index (χ3v) is 6.11. The molecule has 0 atom stereocenters. The Morgan fingerprint density at radius 1 is 1.23 bits per heavy atom. The van der Waals surface area contributed by atoms with E-state index in [4.69, 9.17) is 10.5 Å². The van der Waals surface area contributed by atoms with Crippen molar-refractivity contribution in [1.82, 2.24) is 14.8 Å². The number of hydrogen-bond donors (Lipinski definition) is 2. The van der Waals surface area contributed by atoms with E-state index in [0.29, 0.717) is 15.7 Å². The number of ether oxygens (including phenoxy) is 1. The Labute approximate surface area is 182 Å². The molecule has 8 nitrogen and oxygen atoms in total. The summed E-state index contributed by atoms with van der Waals surface area (Å²) in [6, 6.07) is 9.24. The van der Waals surface area contributed by atoms with E-state index in [0.717, 1.165) is 36.5 Å². The third kappa shape index (κ3) is 5.19. The summed E-state index contributed by atoms with van der Waals surface area (Å²) < 4.78 is 7.25. The number of nitrogens with two attached hydrogens (primary N) is 1. The number of methoxy groups -OCH3 is 1. The van der Waals surface area contributed by atoms with Crippen molar-refractivity contribution in [1.29, 1.82) is 0 Å². The third-order valence-electron chi connectivity index (χ3n) is 4.32. The number of rotatable bonds is 10. The molecule has 0 fully saturated rings. The van der Waals surface area contributed by atoms with Crippen LogP contribution in [0.15, 0.2) is 40.9 Å². The first-order valence-electron chi connectivity index (χ1n) is 9.41. The van der Waals surface area contributed by atoms with Crippen LogP contribution in [-0.2, 0) is 11.3 Å². The monoisotopic (exact) mass is 445 g/mol. The molecule has 10 heteroatoms. The van der Waals surface area contributed by atoms with Gasteiger partial charge in [0.05, 0.1) is 18.4 Å². The van der Waals surface area contributed by atoms with Gasteiger partial charge in [-0.1, -0.05) is 25.1 Å². The highest BCUT2D eigenvalue weighted by Crippen LogP contribution is 2.27. The first kappa shape index (κ1) is 21.8. The lowest BCUT2D eigenvalue weighted by molar-refractivity contribution is -0.113. The number of unbranched alkanes of at least 4 members (excludes halogenated alkanes) is 1. The second kappa shape index (κ2) is 10.3. The van der Waals surface area contributed by atoms with Crippen molar-refractivity contribution in [2.24, 2.45) is 5.73 Å². The molecule has 1 aromatic carbocycles. The minimum atomic E-state index is -0.567. The molecule has 0 aliphatic rings. The largest absolute Gasteiger partial charge is 0.497 e. The molecule has 0 aliphatic heterocycles. The van der Waals surface area contributed by atoms with E-state index in [1.165, 1.54) is 23.1 Å². The predicted molar refractivity (Wildman–Crippen MR) is 119 cm³/mol. The lowest BCUT2D eigenvalue weighted by Gasteiger charge is -2.10. The minimum Gasteiger partial charge on any atom is -0.497 e. The molecule has 3 rings (SSSR count). The fraction of sp³-hybridized carbons (Fsp3) is 0.300. The van der Waals surface area contributed by atoms with E-state index in [-0.39, 0.29) is 11.7 Å². The van der Waals surface area contributed by atoms with E-state index in [2.05, 4.69) is 22.4 Å². The standard InChI is InChI=1S/C20H23N5O3S2/c1-3-4-10-25-18(13-5-7-14(28-2)8-6-13)23-24-20(25)30-12-16(26)22-19-15(17(21)27)9-11-29-19/h5-9,11H,3-4,10,12H2,1-2H3,(H2,21,27)(H,22,26). The Hall–Kier alpha value is -2.85. The molecule has 0 aliphatic carbocycles. The number of benzene rings is 1. The summed E-state index contributed by atoms with van der Waals surface area (Å²) in [5.74, 6) is 0.864. The summed E-state index contributed by atoms with van der Waals surface area (Å²) in [6.45, 7) is 2.88. The van der Waals surface area contributed by atoms with Gasteiger partial charge in [-0.3, -0.25) is 9.59 Å². The molecule has 3 aromatic rings. The SMILES string of the molecule is CCCCn1c(SCC(=O)Nc2sccc2C(N)=O)nnc1-c1ccc(OC)cc1. The molecular formula is C20H23N5O3S2. The van der Waals surface area contributed by atoms with Crippen molar-refractivity contribution in [3.8, 4) is 17.1 Å². The summed E-state index contributed by atoms with van der Waals surface area (Å²) >= 11 is 2.57. The molecule has 3 N–H and O–H groups in total. The topological polar surface area (TPSA) is 112 Å². The van der Waals surface area contributed by atoms with Crippen molar-refractivity contribution in [2.45, 2.75) is 31.5 Å². The molecule has 158 valence electrons. The maximum Gasteiger partial charge on any atom is 0.251 e. The lowest BCUT2D eigenvalue weighted by atomic mass is 10.2. The predicted octanol–water partition coefficient (Wildman–Crippen LogP) is 3.65. The van der Waals surface area contributed by atoms with Crippen molar-refractivity contribution in [3.05, 3.63) is 41.3 Å². The summed E-state index contributed by atoms with van der Waals surface area (Å²) in [5, 5.41) is 14.2. The molecule has 0 bridgehead atoms. The molecule has 0 saturated carbocycles. The zero-order valence-corrected chi connectivity index (χ0v) is 18.4. The maximum atomic E-state index is 12.4. The first-order chi connectivity index (χ1) is 14.5. The van der Waals surface area contributed by atoms with Crippen LogP contribution in [0.5, 0.6) is 5.75 Å². The molecule has 2 amide bonds. The highest BCUT2D eigenvalue weighted by Gasteiger charge is 2.17. The van der Waals surface area contributed by atoms with Gasteiger partial charge in [-0.05, 0) is 42.1 Å². The Morgan fingerprint density at radius 2 is 2.00 bits per heavy atom. The Bertz CT molecular complexity index is 1010. The highest BCUT2D eigenvalue weighted by atomic mass is 32.2. The van der Waals surface area contributed by atoms with Crippen molar-refractivity contribution < 1.29 is 14.3 Å². The van der Waals surface area contributed by atoms with Gasteiger partial charge < -0.3 is 20.4 Å². The number of carbonyl (C=O) groups is 2. The van der Waals surface area contributed by atoms with Crippen LogP contribution in [0.25, 0.3) is 11.4 Å². The van der Waals surface area contributed by atoms with Crippen molar-refractivity contribution >= 4 is 39.9 Å². The fourth-order valence-corrected chi connectivity index (χ4v) is 4.33. The van der Waals surface area contributed by atoms with E-state index in [9.17, 15) is 9.59 Å². The molecule has 2 heterocycles. The van der Waals surface area contributed by atoms with Gasteiger partial charge >= 0.3 is 0 Å². The number of nitrogens with zero attached hydrogens (tertiary/aromatic N) is 3. The second-order valence-electron chi connectivity index (χ2n) is 6.40. The number of hydrogen-bond acceptors (Lipinski definition) is 7. The zero-order valence-electron chi connectivity index (χ0n) is 16.8. The summed E-state index contributed by atoms with van der Waals surface area (Å²) in [7, 11) is 1.63. The van der Waals surface area contributed by atoms with E-state index < -0.39 is 5.91 Å². The summed E-state index contributed by atoms with van der Waals surface area (Å²) in [5.41, 5.74) is 6.57. The van der Waals surface area contributed by atoms with Crippen LogP contribution in [0.3, 0.4) is 0 Å². The normalized spacial score (nSPS) is 10.7. The molecule has 0 radical (unpaired) electrons. The van der Waals surface area contributed by atoms with Gasteiger partial charge in [-0.25, -0.2) is 0 Å². The van der Waals surface area contributed by atoms with Gasteiger partial charge in [0, 0.05) is 12.1 Å². The van der Waals surface area contributed by atoms with Gasteiger partial charge in [0.1, 0.15) is 10.8 Å². The van der Waals surface area contributed by atoms with Gasteiger partial charge in [0.2, 0.25) is 5.91 Å². The zero-order chi connectivity index (χ0) is 21.5. The van der Waals surface area contributed by atoms with Crippen LogP contribution in [0.1, 0.15) is 30.1 Å². The number of aromatic nitrogens is 3. The molecule has 0 unspecified atom stereocenters. The Balaban J connectivity index is 1.73. The van der Waals surface area contributed by atoms with Crippen molar-refractivity contribution in [3.63, 3.8) is 0 Å². The average Bonchev–Trinajstić information content (AvgIpc) is 3.37. The summed E-state index contributed by atoms with van der Waals surface area (Å²) in [4.78, 5) is 23.8. The van der Waals surface area contributed by atoms with Crippen LogP contribution in [-0.4, -0.2) is 39.4 Å². The van der Waals surface area contributed by atoms with Crippen molar-refractivity contribution in [2.75, 3.05) is 18.2 Å². The summed E-state index contributed by atoms with van der Waals surface area (Å²) in [6.07, 6.45) is 2.00. The van der Waals surface area contributed by atoms with E-state index in [1.807, 2.05) is 28.8 Å². The Morgan fingerprint density at radius 3 is 2.67 bits per heavy atom. The highest BCUT2D eigenvalue weighted by molar-refractivity contribution is 7.99. The van der Waals surface area contributed by atoms with Crippen LogP contribution >= 0.6 is 23.1 Å². The number of amides is 2. The van der Waals surface area contributed by atoms with Gasteiger partial charge in [0.25, 0.3) is 5.91 Å². The van der Waals surface area contributed by atoms with E-state index >= 15 is 0 Å². The number of thiophene rings is 1. The molecule has 0 spiro atoms. The average molecular weight is 446 g/mol. The number of thioether (sulfide) groups is 1. The second-order valence-corrected chi connectivity index (χ2v) is 8.26. The van der Waals surface area contributed by atoms with Crippen LogP contribution in [0.2, 0.25) is 0 Å². The minimum absolute atomic E-state index is 0.142. The van der Waals surface area contributed by atoms with Crippen LogP contribution < -0.4 is 15.8 Å². The van der Waals surface area contributed by atoms with Gasteiger partial charge in [-0.15, -0.1) is 21.5 Å². The number of nitrogens with one attached hydrogen (secondary N) is 1. The van der Waals surface area contributed by atoms with Crippen LogP contribution in [0.4, 0.5) is 5.00 Å².